The Labute approximate surface area is 174 Å². The normalized spacial score (nSPS) is 17.6. The fourth-order valence-corrected chi connectivity index (χ4v) is 4.29. The Hall–Kier alpha value is -3.00. The molecule has 0 atom stereocenters. The van der Waals surface area contributed by atoms with E-state index in [1.54, 1.807) is 12.1 Å². The van der Waals surface area contributed by atoms with E-state index in [0.717, 1.165) is 48.5 Å². The number of morpholine rings is 1. The van der Waals surface area contributed by atoms with Gasteiger partial charge in [-0.25, -0.2) is 14.8 Å². The molecular formula is C22H24N4O4. The smallest absolute Gasteiger partial charge is 0.337 e. The van der Waals surface area contributed by atoms with E-state index in [1.807, 2.05) is 12.1 Å². The van der Waals surface area contributed by atoms with Crippen molar-refractivity contribution in [3.05, 3.63) is 35.5 Å². The number of aromatic nitrogens is 3. The van der Waals surface area contributed by atoms with Crippen LogP contribution in [-0.2, 0) is 9.47 Å². The van der Waals surface area contributed by atoms with Crippen molar-refractivity contribution < 1.29 is 18.8 Å². The topological polar surface area (TPSA) is 90.6 Å². The highest BCUT2D eigenvalue weighted by molar-refractivity contribution is 5.90. The molecule has 1 aliphatic carbocycles. The zero-order valence-electron chi connectivity index (χ0n) is 17.0. The van der Waals surface area contributed by atoms with E-state index < -0.39 is 0 Å². The molecule has 1 saturated carbocycles. The number of rotatable bonds is 4. The van der Waals surface area contributed by atoms with Crippen LogP contribution in [0.5, 0.6) is 0 Å². The minimum absolute atomic E-state index is 0.366. The number of carbonyl (C=O) groups excluding carboxylic acids is 1. The van der Waals surface area contributed by atoms with Crippen LogP contribution in [0.4, 0.5) is 5.82 Å². The standard InChI is InChI=1S/C22H24N4O4/c1-28-22(27)16-8-6-15(7-9-16)20-23-18-17(14-4-2-3-5-14)25-30-19(18)21(24-20)26-10-12-29-13-11-26/h6-9,14H,2-5,10-13H2,1H3. The predicted octanol–water partition coefficient (Wildman–Crippen LogP) is 3.57. The Morgan fingerprint density at radius 1 is 1.10 bits per heavy atom. The third-order valence-corrected chi connectivity index (χ3v) is 5.94. The molecule has 3 heterocycles. The van der Waals surface area contributed by atoms with Crippen molar-refractivity contribution in [1.29, 1.82) is 0 Å². The number of hydrogen-bond acceptors (Lipinski definition) is 8. The van der Waals surface area contributed by atoms with E-state index in [2.05, 4.69) is 10.1 Å². The third kappa shape index (κ3) is 3.41. The van der Waals surface area contributed by atoms with Crippen LogP contribution in [0.1, 0.15) is 47.7 Å². The first kappa shape index (κ1) is 19.0. The highest BCUT2D eigenvalue weighted by Crippen LogP contribution is 2.39. The Morgan fingerprint density at radius 2 is 1.83 bits per heavy atom. The van der Waals surface area contributed by atoms with Gasteiger partial charge in [-0.3, -0.25) is 0 Å². The Kier molecular flexibility index (Phi) is 5.08. The van der Waals surface area contributed by atoms with Gasteiger partial charge in [0.25, 0.3) is 0 Å². The van der Waals surface area contributed by atoms with Crippen LogP contribution >= 0.6 is 0 Å². The fourth-order valence-electron chi connectivity index (χ4n) is 4.29. The Morgan fingerprint density at radius 3 is 2.53 bits per heavy atom. The molecule has 3 aromatic rings. The third-order valence-electron chi connectivity index (χ3n) is 5.94. The van der Waals surface area contributed by atoms with Crippen LogP contribution in [0.25, 0.3) is 22.5 Å². The molecule has 0 radical (unpaired) electrons. The second kappa shape index (κ2) is 8.02. The van der Waals surface area contributed by atoms with Crippen molar-refractivity contribution in [3.63, 3.8) is 0 Å². The van der Waals surface area contributed by atoms with Gasteiger partial charge in [-0.05, 0) is 25.0 Å². The molecule has 8 heteroatoms. The second-order valence-electron chi connectivity index (χ2n) is 7.77. The summed E-state index contributed by atoms with van der Waals surface area (Å²) >= 11 is 0. The molecule has 0 bridgehead atoms. The molecule has 1 aromatic carbocycles. The number of fused-ring (bicyclic) bond motifs is 1. The van der Waals surface area contributed by atoms with Crippen molar-refractivity contribution in [2.45, 2.75) is 31.6 Å². The van der Waals surface area contributed by atoms with Gasteiger partial charge in [-0.15, -0.1) is 0 Å². The van der Waals surface area contributed by atoms with Gasteiger partial charge in [-0.1, -0.05) is 30.1 Å². The SMILES string of the molecule is COC(=O)c1ccc(-c2nc(N3CCOCC3)c3onc(C4CCCC4)c3n2)cc1. The molecule has 0 N–H and O–H groups in total. The van der Waals surface area contributed by atoms with Crippen molar-refractivity contribution in [2.24, 2.45) is 0 Å². The minimum Gasteiger partial charge on any atom is -0.465 e. The van der Waals surface area contributed by atoms with E-state index in [9.17, 15) is 4.79 Å². The maximum atomic E-state index is 11.8. The van der Waals surface area contributed by atoms with Crippen molar-refractivity contribution >= 4 is 22.9 Å². The summed E-state index contributed by atoms with van der Waals surface area (Å²) in [7, 11) is 1.37. The van der Waals surface area contributed by atoms with E-state index in [1.165, 1.54) is 20.0 Å². The lowest BCUT2D eigenvalue weighted by atomic mass is 10.0. The van der Waals surface area contributed by atoms with Crippen LogP contribution in [0.15, 0.2) is 28.8 Å². The van der Waals surface area contributed by atoms with Crippen molar-refractivity contribution in [2.75, 3.05) is 38.3 Å². The van der Waals surface area contributed by atoms with Gasteiger partial charge >= 0.3 is 5.97 Å². The zero-order valence-corrected chi connectivity index (χ0v) is 17.0. The molecule has 30 heavy (non-hydrogen) atoms. The summed E-state index contributed by atoms with van der Waals surface area (Å²) in [5.41, 5.74) is 3.70. The number of ether oxygens (including phenoxy) is 2. The van der Waals surface area contributed by atoms with E-state index in [4.69, 9.17) is 24.0 Å². The lowest BCUT2D eigenvalue weighted by Crippen LogP contribution is -2.37. The first-order valence-corrected chi connectivity index (χ1v) is 10.4. The van der Waals surface area contributed by atoms with Gasteiger partial charge in [0.05, 0.1) is 25.9 Å². The highest BCUT2D eigenvalue weighted by Gasteiger charge is 2.28. The summed E-state index contributed by atoms with van der Waals surface area (Å²) in [4.78, 5) is 23.6. The molecule has 5 rings (SSSR count). The molecule has 8 nitrogen and oxygen atoms in total. The van der Waals surface area contributed by atoms with Crippen molar-refractivity contribution in [1.82, 2.24) is 15.1 Å². The monoisotopic (exact) mass is 408 g/mol. The highest BCUT2D eigenvalue weighted by atomic mass is 16.5. The lowest BCUT2D eigenvalue weighted by Gasteiger charge is -2.27. The molecule has 2 aliphatic rings. The molecular weight excluding hydrogens is 384 g/mol. The first-order valence-electron chi connectivity index (χ1n) is 10.4. The minimum atomic E-state index is -0.366. The van der Waals surface area contributed by atoms with Gasteiger partial charge < -0.3 is 18.9 Å². The number of esters is 1. The molecule has 1 saturated heterocycles. The van der Waals surface area contributed by atoms with Crippen LogP contribution in [0, 0.1) is 0 Å². The number of hydrogen-bond donors (Lipinski definition) is 0. The molecule has 0 unspecified atom stereocenters. The van der Waals surface area contributed by atoms with Gasteiger partial charge in [-0.2, -0.15) is 0 Å². The van der Waals surface area contributed by atoms with Gasteiger partial charge in [0.2, 0.25) is 5.58 Å². The molecule has 1 aliphatic heterocycles. The number of carbonyl (C=O) groups is 1. The van der Waals surface area contributed by atoms with Crippen LogP contribution in [-0.4, -0.2) is 54.5 Å². The maximum Gasteiger partial charge on any atom is 0.337 e. The quantitative estimate of drug-likeness (QED) is 0.605. The van der Waals surface area contributed by atoms with Gasteiger partial charge in [0.15, 0.2) is 11.6 Å². The van der Waals surface area contributed by atoms with Crippen molar-refractivity contribution in [3.8, 4) is 11.4 Å². The molecule has 2 aromatic heterocycles. The molecule has 0 spiro atoms. The van der Waals surface area contributed by atoms with E-state index in [0.29, 0.717) is 36.1 Å². The summed E-state index contributed by atoms with van der Waals surface area (Å²) in [6, 6.07) is 7.15. The first-order chi connectivity index (χ1) is 14.7. The number of nitrogens with zero attached hydrogens (tertiary/aromatic N) is 4. The molecule has 2 fully saturated rings. The van der Waals surface area contributed by atoms with Gasteiger partial charge in [0, 0.05) is 24.6 Å². The largest absolute Gasteiger partial charge is 0.465 e. The molecule has 156 valence electrons. The predicted molar refractivity (Wildman–Crippen MR) is 111 cm³/mol. The van der Waals surface area contributed by atoms with Gasteiger partial charge in [0.1, 0.15) is 11.2 Å². The van der Waals surface area contributed by atoms with E-state index >= 15 is 0 Å². The van der Waals surface area contributed by atoms with Crippen LogP contribution < -0.4 is 4.90 Å². The van der Waals surface area contributed by atoms with Crippen LogP contribution in [0.3, 0.4) is 0 Å². The second-order valence-corrected chi connectivity index (χ2v) is 7.77. The summed E-state index contributed by atoms with van der Waals surface area (Å²) in [5.74, 6) is 1.37. The maximum absolute atomic E-state index is 11.8. The number of anilines is 1. The van der Waals surface area contributed by atoms with Crippen LogP contribution in [0.2, 0.25) is 0 Å². The summed E-state index contributed by atoms with van der Waals surface area (Å²) in [5, 5.41) is 4.42. The summed E-state index contributed by atoms with van der Waals surface area (Å²) in [6.07, 6.45) is 4.65. The average molecular weight is 408 g/mol. The number of methoxy groups -OCH3 is 1. The summed E-state index contributed by atoms with van der Waals surface area (Å²) in [6.45, 7) is 2.79. The average Bonchev–Trinajstić information content (AvgIpc) is 3.48. The molecule has 0 amide bonds. The summed E-state index contributed by atoms with van der Waals surface area (Å²) < 4.78 is 16.1. The number of benzene rings is 1. The fraction of sp³-hybridized carbons (Fsp3) is 0.455. The lowest BCUT2D eigenvalue weighted by molar-refractivity contribution is 0.0600. The van der Waals surface area contributed by atoms with E-state index in [-0.39, 0.29) is 5.97 Å². The Bertz CT molecular complexity index is 1050. The Balaban J connectivity index is 1.61. The zero-order chi connectivity index (χ0) is 20.5.